The van der Waals surface area contributed by atoms with Gasteiger partial charge in [0.15, 0.2) is 5.78 Å². The second-order valence-corrected chi connectivity index (χ2v) is 5.99. The molecule has 0 saturated carbocycles. The van der Waals surface area contributed by atoms with Crippen LogP contribution in [0.1, 0.15) is 42.2 Å². The third kappa shape index (κ3) is 1.70. The monoisotopic (exact) mass is 293 g/mol. The van der Waals surface area contributed by atoms with Crippen LogP contribution in [-0.4, -0.2) is 15.3 Å². The van der Waals surface area contributed by atoms with Crippen LogP contribution in [0.2, 0.25) is 0 Å². The van der Waals surface area contributed by atoms with E-state index in [0.29, 0.717) is 17.7 Å². The van der Waals surface area contributed by atoms with Crippen LogP contribution < -0.4 is 5.73 Å². The Balaban J connectivity index is 2.19. The fourth-order valence-corrected chi connectivity index (χ4v) is 3.62. The van der Waals surface area contributed by atoms with Gasteiger partial charge in [0.2, 0.25) is 0 Å². The lowest BCUT2D eigenvalue weighted by atomic mass is 9.92. The fraction of sp³-hybridized carbons (Fsp3) is 0.333. The lowest BCUT2D eigenvalue weighted by molar-refractivity contribution is 0.0972. The van der Waals surface area contributed by atoms with E-state index in [1.54, 1.807) is 0 Å². The number of carbonyl (C=O) groups is 1. The van der Waals surface area contributed by atoms with Gasteiger partial charge in [-0.2, -0.15) is 0 Å². The Labute approximate surface area is 128 Å². The number of hydrogen-bond donors (Lipinski definition) is 1. The van der Waals surface area contributed by atoms with Gasteiger partial charge < -0.3 is 10.3 Å². The molecule has 0 saturated heterocycles. The zero-order valence-corrected chi connectivity index (χ0v) is 12.7. The molecule has 22 heavy (non-hydrogen) atoms. The number of Topliss-reactive ketones (excluding diaryl/α,β-unsaturated/α-hetero) is 1. The van der Waals surface area contributed by atoms with Crippen molar-refractivity contribution in [2.24, 2.45) is 0 Å². The van der Waals surface area contributed by atoms with E-state index in [2.05, 4.69) is 23.6 Å². The molecule has 112 valence electrons. The molecule has 0 amide bonds. The van der Waals surface area contributed by atoms with Crippen molar-refractivity contribution < 1.29 is 4.79 Å². The Bertz CT molecular complexity index is 908. The minimum atomic E-state index is 0.139. The Morgan fingerprint density at radius 2 is 2.09 bits per heavy atom. The van der Waals surface area contributed by atoms with Gasteiger partial charge >= 0.3 is 0 Å². The first kappa shape index (κ1) is 13.3. The van der Waals surface area contributed by atoms with E-state index >= 15 is 0 Å². The molecule has 4 nitrogen and oxygen atoms in total. The Morgan fingerprint density at radius 1 is 1.27 bits per heavy atom. The van der Waals surface area contributed by atoms with E-state index < -0.39 is 0 Å². The first-order valence-electron chi connectivity index (χ1n) is 7.95. The summed E-state index contributed by atoms with van der Waals surface area (Å²) in [5.41, 5.74) is 10.7. The summed E-state index contributed by atoms with van der Waals surface area (Å²) in [4.78, 5) is 17.1. The minimum Gasteiger partial charge on any atom is -0.397 e. The highest BCUT2D eigenvalue weighted by molar-refractivity contribution is 6.17. The molecular formula is C18H19N3O. The maximum absolute atomic E-state index is 12.3. The molecular weight excluding hydrogens is 274 g/mol. The Hall–Kier alpha value is -2.36. The van der Waals surface area contributed by atoms with Crippen molar-refractivity contribution in [3.63, 3.8) is 0 Å². The number of carbonyl (C=O) groups excluding carboxylic acids is 1. The summed E-state index contributed by atoms with van der Waals surface area (Å²) in [5.74, 6) is 0.139. The van der Waals surface area contributed by atoms with Gasteiger partial charge in [0.1, 0.15) is 5.65 Å². The number of rotatable bonds is 2. The van der Waals surface area contributed by atoms with Crippen LogP contribution in [0.3, 0.4) is 0 Å². The van der Waals surface area contributed by atoms with Gasteiger partial charge in [0.05, 0.1) is 27.8 Å². The minimum absolute atomic E-state index is 0.139. The van der Waals surface area contributed by atoms with Crippen LogP contribution >= 0.6 is 0 Å². The maximum Gasteiger partial charge on any atom is 0.166 e. The molecule has 0 spiro atoms. The molecule has 1 aliphatic carbocycles. The van der Waals surface area contributed by atoms with Crippen LogP contribution in [-0.2, 0) is 13.0 Å². The highest BCUT2D eigenvalue weighted by atomic mass is 16.1. The zero-order chi connectivity index (χ0) is 15.3. The van der Waals surface area contributed by atoms with Gasteiger partial charge in [-0.15, -0.1) is 0 Å². The number of hydrogen-bond acceptors (Lipinski definition) is 3. The summed E-state index contributed by atoms with van der Waals surface area (Å²) in [6.07, 6.45) is 3.33. The van der Waals surface area contributed by atoms with E-state index in [-0.39, 0.29) is 5.78 Å². The van der Waals surface area contributed by atoms with Gasteiger partial charge in [-0.25, -0.2) is 4.98 Å². The lowest BCUT2D eigenvalue weighted by Crippen LogP contribution is -2.16. The second-order valence-electron chi connectivity index (χ2n) is 5.99. The van der Waals surface area contributed by atoms with Gasteiger partial charge in [0.25, 0.3) is 0 Å². The summed E-state index contributed by atoms with van der Waals surface area (Å²) in [7, 11) is 0. The number of fused-ring (bicyclic) bond motifs is 4. The quantitative estimate of drug-likeness (QED) is 0.783. The van der Waals surface area contributed by atoms with Crippen molar-refractivity contribution in [2.75, 3.05) is 5.73 Å². The highest BCUT2D eigenvalue weighted by Gasteiger charge is 2.25. The van der Waals surface area contributed by atoms with Crippen LogP contribution in [0.15, 0.2) is 24.3 Å². The third-order valence-corrected chi connectivity index (χ3v) is 4.56. The van der Waals surface area contributed by atoms with Gasteiger partial charge in [-0.3, -0.25) is 4.79 Å². The van der Waals surface area contributed by atoms with Crippen molar-refractivity contribution in [2.45, 2.75) is 39.2 Å². The standard InChI is InChI=1S/C18H19N3O/c1-2-10-21-13-8-4-3-6-11(13)15-17(19)16-12(20-18(15)21)7-5-9-14(16)22/h3-4,6,8H,2,5,7,9-10H2,1H3,(H2,19,20). The molecule has 2 heterocycles. The molecule has 0 atom stereocenters. The molecule has 1 aromatic carbocycles. The molecule has 3 aromatic rings. The SMILES string of the molecule is CCCn1c2ccccc2c2c(N)c3c(nc21)CCCC3=O. The normalized spacial score (nSPS) is 14.7. The average Bonchev–Trinajstić information content (AvgIpc) is 2.82. The molecule has 0 aliphatic heterocycles. The predicted molar refractivity (Wildman–Crippen MR) is 89.2 cm³/mol. The largest absolute Gasteiger partial charge is 0.397 e. The molecule has 4 heteroatoms. The number of ketones is 1. The average molecular weight is 293 g/mol. The molecule has 2 aromatic heterocycles. The smallest absolute Gasteiger partial charge is 0.166 e. The van der Waals surface area contributed by atoms with Gasteiger partial charge in [-0.1, -0.05) is 25.1 Å². The summed E-state index contributed by atoms with van der Waals surface area (Å²) in [6.45, 7) is 3.06. The molecule has 4 rings (SSSR count). The van der Waals surface area contributed by atoms with E-state index in [1.807, 2.05) is 12.1 Å². The number of nitrogens with zero attached hydrogens (tertiary/aromatic N) is 2. The first-order valence-corrected chi connectivity index (χ1v) is 7.95. The number of benzene rings is 1. The number of anilines is 1. The van der Waals surface area contributed by atoms with Crippen LogP contribution in [0.25, 0.3) is 21.9 Å². The van der Waals surface area contributed by atoms with Crippen LogP contribution in [0.4, 0.5) is 5.69 Å². The number of pyridine rings is 1. The van der Waals surface area contributed by atoms with E-state index in [0.717, 1.165) is 53.4 Å². The maximum atomic E-state index is 12.3. The lowest BCUT2D eigenvalue weighted by Gasteiger charge is -2.17. The molecule has 0 bridgehead atoms. The van der Waals surface area contributed by atoms with Crippen molar-refractivity contribution in [3.05, 3.63) is 35.5 Å². The number of nitrogen functional groups attached to an aromatic ring is 1. The summed E-state index contributed by atoms with van der Waals surface area (Å²) in [5, 5.41) is 2.04. The third-order valence-electron chi connectivity index (χ3n) is 4.56. The summed E-state index contributed by atoms with van der Waals surface area (Å²) in [6, 6.07) is 8.22. The molecule has 0 fully saturated rings. The van der Waals surface area contributed by atoms with Crippen LogP contribution in [0.5, 0.6) is 0 Å². The topological polar surface area (TPSA) is 60.9 Å². The fourth-order valence-electron chi connectivity index (χ4n) is 3.62. The van der Waals surface area contributed by atoms with Crippen LogP contribution in [0, 0.1) is 0 Å². The van der Waals surface area contributed by atoms with Crippen molar-refractivity contribution in [1.29, 1.82) is 0 Å². The van der Waals surface area contributed by atoms with Crippen molar-refractivity contribution in [3.8, 4) is 0 Å². The second kappa shape index (κ2) is 4.83. The highest BCUT2D eigenvalue weighted by Crippen LogP contribution is 2.37. The summed E-state index contributed by atoms with van der Waals surface area (Å²) >= 11 is 0. The van der Waals surface area contributed by atoms with E-state index in [9.17, 15) is 4.79 Å². The number of nitrogens with two attached hydrogens (primary N) is 1. The zero-order valence-electron chi connectivity index (χ0n) is 12.7. The number of aromatic nitrogens is 2. The van der Waals surface area contributed by atoms with Crippen molar-refractivity contribution in [1.82, 2.24) is 9.55 Å². The Morgan fingerprint density at radius 3 is 2.91 bits per heavy atom. The molecule has 1 aliphatic rings. The van der Waals surface area contributed by atoms with E-state index in [1.165, 1.54) is 0 Å². The predicted octanol–water partition coefficient (Wildman–Crippen LogP) is 3.70. The molecule has 2 N–H and O–H groups in total. The van der Waals surface area contributed by atoms with Gasteiger partial charge in [-0.05, 0) is 25.3 Å². The first-order chi connectivity index (χ1) is 10.7. The van der Waals surface area contributed by atoms with Gasteiger partial charge in [0, 0.05) is 18.4 Å². The van der Waals surface area contributed by atoms with Crippen molar-refractivity contribution >= 4 is 33.4 Å². The van der Waals surface area contributed by atoms with E-state index in [4.69, 9.17) is 10.7 Å². The summed E-state index contributed by atoms with van der Waals surface area (Å²) < 4.78 is 2.24. The molecule has 0 unspecified atom stereocenters. The number of para-hydroxylation sites is 1. The number of aryl methyl sites for hydroxylation is 2. The molecule has 0 radical (unpaired) electrons. The Kier molecular flexibility index (Phi) is 2.93.